The lowest BCUT2D eigenvalue weighted by molar-refractivity contribution is 0.283. The molecule has 3 rings (SSSR count). The molecule has 164 valence electrons. The summed E-state index contributed by atoms with van der Waals surface area (Å²) in [7, 11) is 0.415. The predicted molar refractivity (Wildman–Crippen MR) is 135 cm³/mol. The third-order valence-corrected chi connectivity index (χ3v) is 6.84. The first-order chi connectivity index (χ1) is 14.6. The molecule has 3 aromatic carbocycles. The molecule has 0 aromatic heterocycles. The number of hydrogen-bond acceptors (Lipinski definition) is 2. The van der Waals surface area contributed by atoms with Gasteiger partial charge in [-0.25, -0.2) is 0 Å². The van der Waals surface area contributed by atoms with Crippen molar-refractivity contribution in [2.75, 3.05) is 0 Å². The highest BCUT2D eigenvalue weighted by molar-refractivity contribution is 7.55. The molecule has 0 amide bonds. The van der Waals surface area contributed by atoms with E-state index in [-0.39, 0.29) is 17.4 Å². The van der Waals surface area contributed by atoms with Gasteiger partial charge in [-0.05, 0) is 38.9 Å². The van der Waals surface area contributed by atoms with Crippen LogP contribution >= 0.6 is 8.58 Å². The molecule has 3 heteroatoms. The minimum Gasteiger partial charge on any atom is -0.488 e. The van der Waals surface area contributed by atoms with Crippen molar-refractivity contribution in [1.29, 1.82) is 0 Å². The van der Waals surface area contributed by atoms with E-state index in [0.717, 1.165) is 16.9 Å². The van der Waals surface area contributed by atoms with E-state index in [0.29, 0.717) is 15.2 Å². The van der Waals surface area contributed by atoms with E-state index in [1.807, 2.05) is 36.4 Å². The molecule has 0 radical (unpaired) electrons. The molecule has 0 aliphatic heterocycles. The van der Waals surface area contributed by atoms with Crippen LogP contribution in [0.4, 0.5) is 0 Å². The Labute approximate surface area is 189 Å². The molecule has 0 heterocycles. The smallest absolute Gasteiger partial charge is 0.131 e. The van der Waals surface area contributed by atoms with Gasteiger partial charge in [0.05, 0.1) is 6.61 Å². The van der Waals surface area contributed by atoms with Crippen LogP contribution in [0.2, 0.25) is 0 Å². The van der Waals surface area contributed by atoms with Crippen LogP contribution in [0.3, 0.4) is 0 Å². The van der Waals surface area contributed by atoms with Gasteiger partial charge in [0.1, 0.15) is 12.4 Å². The quantitative estimate of drug-likeness (QED) is 0.484. The maximum absolute atomic E-state index is 9.86. The van der Waals surface area contributed by atoms with Crippen molar-refractivity contribution in [2.24, 2.45) is 0 Å². The van der Waals surface area contributed by atoms with Crippen molar-refractivity contribution in [3.63, 3.8) is 0 Å². The Bertz CT molecular complexity index is 1010. The van der Waals surface area contributed by atoms with Crippen LogP contribution in [0.1, 0.15) is 63.8 Å². The van der Waals surface area contributed by atoms with Gasteiger partial charge < -0.3 is 9.84 Å². The van der Waals surface area contributed by atoms with E-state index in [9.17, 15) is 5.11 Å². The average Bonchev–Trinajstić information content (AvgIpc) is 2.72. The molecule has 1 atom stereocenters. The zero-order valence-corrected chi connectivity index (χ0v) is 20.6. The second-order valence-electron chi connectivity index (χ2n) is 10.1. The van der Waals surface area contributed by atoms with Gasteiger partial charge in [-0.3, -0.25) is 0 Å². The Morgan fingerprint density at radius 2 is 1.42 bits per heavy atom. The van der Waals surface area contributed by atoms with Crippen LogP contribution in [0, 0.1) is 0 Å². The minimum atomic E-state index is -0.0526. The summed E-state index contributed by atoms with van der Waals surface area (Å²) in [5, 5.41) is 12.2. The van der Waals surface area contributed by atoms with Gasteiger partial charge in [-0.2, -0.15) is 0 Å². The van der Waals surface area contributed by atoms with Gasteiger partial charge in [-0.1, -0.05) is 111 Å². The fourth-order valence-electron chi connectivity index (χ4n) is 3.52. The summed E-state index contributed by atoms with van der Waals surface area (Å²) in [4.78, 5) is 0. The molecule has 0 fully saturated rings. The van der Waals surface area contributed by atoms with Crippen LogP contribution in [0.15, 0.2) is 66.7 Å². The number of rotatable bonds is 6. The van der Waals surface area contributed by atoms with E-state index in [1.165, 1.54) is 21.7 Å². The molecule has 3 aromatic rings. The predicted octanol–water partition coefficient (Wildman–Crippen LogP) is 5.98. The lowest BCUT2D eigenvalue weighted by atomic mass is 9.80. The Morgan fingerprint density at radius 1 is 0.774 bits per heavy atom. The topological polar surface area (TPSA) is 29.5 Å². The van der Waals surface area contributed by atoms with Crippen molar-refractivity contribution >= 4 is 19.2 Å². The molecule has 0 aliphatic carbocycles. The largest absolute Gasteiger partial charge is 0.488 e. The summed E-state index contributed by atoms with van der Waals surface area (Å²) >= 11 is 0. The van der Waals surface area contributed by atoms with Crippen molar-refractivity contribution in [1.82, 2.24) is 0 Å². The van der Waals surface area contributed by atoms with E-state index < -0.39 is 0 Å². The highest BCUT2D eigenvalue weighted by atomic mass is 31.1. The second kappa shape index (κ2) is 9.55. The highest BCUT2D eigenvalue weighted by Gasteiger charge is 2.26. The van der Waals surface area contributed by atoms with Crippen LogP contribution < -0.4 is 15.3 Å². The third-order valence-electron chi connectivity index (χ3n) is 5.45. The maximum Gasteiger partial charge on any atom is 0.131 e. The Hall–Kier alpha value is -2.15. The summed E-state index contributed by atoms with van der Waals surface area (Å²) in [5.41, 5.74) is 4.67. The first-order valence-electron chi connectivity index (χ1n) is 10.9. The monoisotopic (exact) mass is 434 g/mol. The molecule has 1 N–H and O–H groups in total. The normalized spacial score (nSPS) is 12.5. The van der Waals surface area contributed by atoms with Crippen LogP contribution in [0.25, 0.3) is 0 Å². The summed E-state index contributed by atoms with van der Waals surface area (Å²) < 4.78 is 6.54. The Balaban J connectivity index is 2.14. The number of benzene rings is 3. The van der Waals surface area contributed by atoms with Gasteiger partial charge in [-0.15, -0.1) is 0 Å². The van der Waals surface area contributed by atoms with Crippen LogP contribution in [-0.2, 0) is 24.0 Å². The Kier molecular flexibility index (Phi) is 7.24. The lowest BCUT2D eigenvalue weighted by Gasteiger charge is -2.29. The average molecular weight is 435 g/mol. The van der Waals surface area contributed by atoms with E-state index in [1.54, 1.807) is 0 Å². The SMILES string of the molecule is CC(C)(C)c1cc(Pc2ccccc2CO)c(OCc2ccccc2)c(C(C)(C)C)c1. The summed E-state index contributed by atoms with van der Waals surface area (Å²) in [6.45, 7) is 14.1. The second-order valence-corrected chi connectivity index (χ2v) is 11.4. The summed E-state index contributed by atoms with van der Waals surface area (Å²) in [6.07, 6.45) is 0. The number of hydrogen-bond donors (Lipinski definition) is 1. The molecular formula is C28H35O2P. The van der Waals surface area contributed by atoms with Gasteiger partial charge in [0.2, 0.25) is 0 Å². The summed E-state index contributed by atoms with van der Waals surface area (Å²) in [6, 6.07) is 23.1. The van der Waals surface area contributed by atoms with Crippen molar-refractivity contribution < 1.29 is 9.84 Å². The summed E-state index contributed by atoms with van der Waals surface area (Å²) in [5.74, 6) is 0.982. The highest BCUT2D eigenvalue weighted by Crippen LogP contribution is 2.37. The number of ether oxygens (including phenoxy) is 1. The molecule has 0 aliphatic rings. The minimum absolute atomic E-state index is 0.0354. The Morgan fingerprint density at radius 3 is 2.03 bits per heavy atom. The zero-order valence-electron chi connectivity index (χ0n) is 19.6. The fraction of sp³-hybridized carbons (Fsp3) is 0.357. The maximum atomic E-state index is 9.86. The third kappa shape index (κ3) is 5.97. The number of aliphatic hydroxyl groups is 1. The molecule has 0 spiro atoms. The van der Waals surface area contributed by atoms with Crippen molar-refractivity contribution in [3.05, 3.63) is 89.0 Å². The molecular weight excluding hydrogens is 399 g/mol. The van der Waals surface area contributed by atoms with E-state index in [4.69, 9.17) is 4.74 Å². The van der Waals surface area contributed by atoms with Crippen LogP contribution in [0.5, 0.6) is 5.75 Å². The molecule has 31 heavy (non-hydrogen) atoms. The first kappa shape index (κ1) is 23.5. The molecule has 0 saturated carbocycles. The van der Waals surface area contributed by atoms with E-state index in [2.05, 4.69) is 71.9 Å². The van der Waals surface area contributed by atoms with Gasteiger partial charge in [0.25, 0.3) is 0 Å². The molecule has 0 saturated heterocycles. The van der Waals surface area contributed by atoms with Crippen molar-refractivity contribution in [2.45, 2.75) is 65.6 Å². The molecule has 0 bridgehead atoms. The van der Waals surface area contributed by atoms with Gasteiger partial charge in [0.15, 0.2) is 0 Å². The lowest BCUT2D eigenvalue weighted by Crippen LogP contribution is -2.23. The number of aliphatic hydroxyl groups excluding tert-OH is 1. The van der Waals surface area contributed by atoms with E-state index >= 15 is 0 Å². The zero-order chi connectivity index (χ0) is 22.6. The fourth-order valence-corrected chi connectivity index (χ4v) is 4.86. The van der Waals surface area contributed by atoms with Crippen molar-refractivity contribution in [3.8, 4) is 5.75 Å². The standard InChI is InChI=1S/C28H35O2P/c1-27(2,3)22-16-23(28(4,5)6)26(30-19-20-12-8-7-9-13-20)25(17-22)31-24-15-11-10-14-21(24)18-29/h7-17,29,31H,18-19H2,1-6H3. The first-order valence-corrected chi connectivity index (χ1v) is 11.9. The van der Waals surface area contributed by atoms with Gasteiger partial charge in [0, 0.05) is 10.9 Å². The van der Waals surface area contributed by atoms with Gasteiger partial charge >= 0.3 is 0 Å². The van der Waals surface area contributed by atoms with Crippen LogP contribution in [-0.4, -0.2) is 5.11 Å². The molecule has 2 nitrogen and oxygen atoms in total. The molecule has 1 unspecified atom stereocenters.